The van der Waals surface area contributed by atoms with E-state index in [0.717, 1.165) is 70.6 Å². The van der Waals surface area contributed by atoms with Gasteiger partial charge in [0.2, 0.25) is 17.6 Å². The first-order valence-electron chi connectivity index (χ1n) is 20.0. The highest BCUT2D eigenvalue weighted by molar-refractivity contribution is 7.92. The van der Waals surface area contributed by atoms with E-state index >= 15 is 0 Å². The Balaban J connectivity index is 1.40. The van der Waals surface area contributed by atoms with Crippen LogP contribution in [0, 0.1) is 28.6 Å². The van der Waals surface area contributed by atoms with E-state index in [4.69, 9.17) is 0 Å². The Morgan fingerprint density at radius 1 is 0.865 bits per heavy atom. The number of likely N-dealkylation sites (N-methyl/N-ethyl adjacent to an activating group) is 1. The molecule has 0 aromatic carbocycles. The Bertz CT molecular complexity index is 1490. The number of sulfone groups is 1. The summed E-state index contributed by atoms with van der Waals surface area (Å²) in [4.78, 5) is 70.8. The molecule has 4 saturated carbocycles. The minimum atomic E-state index is -3.56. The minimum Gasteiger partial charge on any atom is -0.350 e. The van der Waals surface area contributed by atoms with E-state index in [1.54, 1.807) is 32.6 Å². The van der Waals surface area contributed by atoms with Gasteiger partial charge in [-0.3, -0.25) is 19.2 Å². The van der Waals surface area contributed by atoms with Crippen molar-refractivity contribution in [2.75, 3.05) is 18.8 Å². The summed E-state index contributed by atoms with van der Waals surface area (Å²) in [5.41, 5.74) is -1.70. The number of hydrogen-bond acceptors (Lipinski definition) is 7. The number of rotatable bonds is 14. The van der Waals surface area contributed by atoms with E-state index in [1.165, 1.54) is 0 Å². The van der Waals surface area contributed by atoms with Gasteiger partial charge in [-0.25, -0.2) is 13.2 Å². The van der Waals surface area contributed by atoms with Crippen LogP contribution in [0.25, 0.3) is 0 Å². The molecule has 0 spiro atoms. The zero-order chi connectivity index (χ0) is 38.3. The molecule has 5 atom stereocenters. The molecule has 52 heavy (non-hydrogen) atoms. The summed E-state index contributed by atoms with van der Waals surface area (Å²) in [6.07, 6.45) is 11.2. The van der Waals surface area contributed by atoms with Crippen LogP contribution in [0.2, 0.25) is 0 Å². The van der Waals surface area contributed by atoms with E-state index in [-0.39, 0.29) is 28.9 Å². The van der Waals surface area contributed by atoms with E-state index in [1.807, 2.05) is 6.92 Å². The van der Waals surface area contributed by atoms with Crippen molar-refractivity contribution in [2.24, 2.45) is 28.6 Å². The number of ketones is 1. The normalized spacial score (nSPS) is 27.4. The number of carbonyl (C=O) groups is 5. The number of urea groups is 1. The SMILES string of the molecule is CCNC(=O)C(=O)[C@H](CCC1CC1)NC(=O)[C@@H]1[C@@H]2[C@H](CN1C(=O)[C@@H](NC(=O)NC1(CS(=O)(=O)C(C)(C)C)CCCCC1)C1(C)CCCCC1)C2(C)C. The van der Waals surface area contributed by atoms with Crippen LogP contribution in [0.15, 0.2) is 0 Å². The summed E-state index contributed by atoms with van der Waals surface area (Å²) in [7, 11) is -3.56. The zero-order valence-electron chi connectivity index (χ0n) is 32.7. The lowest BCUT2D eigenvalue weighted by Crippen LogP contribution is -2.65. The number of carbonyl (C=O) groups excluding carboxylic acids is 5. The maximum absolute atomic E-state index is 14.9. The van der Waals surface area contributed by atoms with Gasteiger partial charge < -0.3 is 26.2 Å². The van der Waals surface area contributed by atoms with Gasteiger partial charge in [0.15, 0.2) is 9.84 Å². The summed E-state index contributed by atoms with van der Waals surface area (Å²) in [6.45, 7) is 13.6. The third-order valence-electron chi connectivity index (χ3n) is 13.3. The summed E-state index contributed by atoms with van der Waals surface area (Å²) in [5, 5.41) is 11.6. The molecule has 5 aliphatic rings. The molecule has 294 valence electrons. The number of nitrogens with zero attached hydrogens (tertiary/aromatic N) is 1. The number of fused-ring (bicyclic) bond motifs is 1. The number of piperidine rings is 1. The van der Waals surface area contributed by atoms with Gasteiger partial charge >= 0.3 is 6.03 Å². The van der Waals surface area contributed by atoms with Gasteiger partial charge in [0.05, 0.1) is 22.1 Å². The molecule has 13 heteroatoms. The van der Waals surface area contributed by atoms with Crippen molar-refractivity contribution in [1.82, 2.24) is 26.2 Å². The first-order valence-corrected chi connectivity index (χ1v) is 21.6. The molecule has 0 unspecified atom stereocenters. The highest BCUT2D eigenvalue weighted by Gasteiger charge is 2.70. The number of hydrogen-bond donors (Lipinski definition) is 4. The average Bonchev–Trinajstić information content (AvgIpc) is 3.93. The molecule has 12 nitrogen and oxygen atoms in total. The van der Waals surface area contributed by atoms with Crippen molar-refractivity contribution in [1.29, 1.82) is 0 Å². The van der Waals surface area contributed by atoms with Gasteiger partial charge in [-0.15, -0.1) is 0 Å². The fourth-order valence-electron chi connectivity index (χ4n) is 9.42. The van der Waals surface area contributed by atoms with Gasteiger partial charge in [0, 0.05) is 13.1 Å². The van der Waals surface area contributed by atoms with Crippen molar-refractivity contribution < 1.29 is 32.4 Å². The first kappa shape index (κ1) is 40.5. The van der Waals surface area contributed by atoms with Crippen molar-refractivity contribution >= 4 is 39.4 Å². The average molecular weight is 748 g/mol. The zero-order valence-corrected chi connectivity index (χ0v) is 33.5. The van der Waals surface area contributed by atoms with E-state index in [0.29, 0.717) is 38.3 Å². The molecule has 0 aromatic heterocycles. The van der Waals surface area contributed by atoms with Gasteiger partial charge in [0.25, 0.3) is 5.91 Å². The largest absolute Gasteiger partial charge is 0.350 e. The molecule has 4 N–H and O–H groups in total. The van der Waals surface area contributed by atoms with Crippen LogP contribution in [0.5, 0.6) is 0 Å². The number of amides is 5. The number of nitrogens with one attached hydrogen (secondary N) is 4. The number of likely N-dealkylation sites (tertiary alicyclic amines) is 1. The van der Waals surface area contributed by atoms with E-state index in [9.17, 15) is 32.4 Å². The smallest absolute Gasteiger partial charge is 0.315 e. The third kappa shape index (κ3) is 8.65. The fraction of sp³-hybridized carbons (Fsp3) is 0.872. The molecule has 1 aliphatic heterocycles. The van der Waals surface area contributed by atoms with Crippen LogP contribution < -0.4 is 21.3 Å². The predicted molar refractivity (Wildman–Crippen MR) is 200 cm³/mol. The molecule has 0 radical (unpaired) electrons. The molecule has 0 aromatic rings. The molecule has 4 aliphatic carbocycles. The lowest BCUT2D eigenvalue weighted by molar-refractivity contribution is -0.146. The van der Waals surface area contributed by atoms with Crippen molar-refractivity contribution in [2.45, 2.75) is 167 Å². The van der Waals surface area contributed by atoms with Crippen LogP contribution in [-0.4, -0.2) is 90.1 Å². The Morgan fingerprint density at radius 2 is 1.46 bits per heavy atom. The van der Waals surface area contributed by atoms with Gasteiger partial charge in [-0.1, -0.05) is 72.1 Å². The van der Waals surface area contributed by atoms with Crippen LogP contribution >= 0.6 is 0 Å². The van der Waals surface area contributed by atoms with Gasteiger partial charge in [-0.05, 0) is 94.8 Å². The standard InChI is InChI=1S/C39H65N5O7S/c1-8-40-33(47)30(45)27(18-17-25-15-16-25)41-32(46)29-28-26(37(28,5)6)23-44(29)34(48)31(38(7)19-11-9-12-20-38)42-35(49)43-39(21-13-10-14-22-39)24-52(50,51)36(2,3)4/h25-29,31H,8-24H2,1-7H3,(H,40,47)(H,41,46)(H2,42,43,49)/t26-,27-,28-,29-,31+/m0/s1. The van der Waals surface area contributed by atoms with Crippen molar-refractivity contribution in [3.8, 4) is 0 Å². The van der Waals surface area contributed by atoms with Crippen LogP contribution in [0.1, 0.15) is 138 Å². The number of Topliss-reactive ketones (excluding diaryl/α,β-unsaturated/α-hetero) is 1. The van der Waals surface area contributed by atoms with Crippen LogP contribution in [0.3, 0.4) is 0 Å². The van der Waals surface area contributed by atoms with Gasteiger partial charge in [-0.2, -0.15) is 0 Å². The Morgan fingerprint density at radius 3 is 2.02 bits per heavy atom. The summed E-state index contributed by atoms with van der Waals surface area (Å²) in [5.74, 6) is -1.87. The maximum Gasteiger partial charge on any atom is 0.315 e. The maximum atomic E-state index is 14.9. The van der Waals surface area contributed by atoms with E-state index in [2.05, 4.69) is 35.1 Å². The topological polar surface area (TPSA) is 171 Å². The lowest BCUT2D eigenvalue weighted by Gasteiger charge is -2.44. The highest BCUT2D eigenvalue weighted by Crippen LogP contribution is 2.65. The third-order valence-corrected chi connectivity index (χ3v) is 16.1. The second-order valence-corrected chi connectivity index (χ2v) is 21.4. The molecule has 5 rings (SSSR count). The van der Waals surface area contributed by atoms with Crippen LogP contribution in [-0.2, 0) is 29.0 Å². The molecular weight excluding hydrogens is 683 g/mol. The molecule has 5 fully saturated rings. The van der Waals surface area contributed by atoms with Crippen molar-refractivity contribution in [3.05, 3.63) is 0 Å². The molecule has 1 heterocycles. The second kappa shape index (κ2) is 15.2. The van der Waals surface area contributed by atoms with E-state index < -0.39 is 67.3 Å². The Kier molecular flexibility index (Phi) is 11.8. The molecule has 5 amide bonds. The highest BCUT2D eigenvalue weighted by atomic mass is 32.2. The first-order chi connectivity index (χ1) is 24.3. The van der Waals surface area contributed by atoms with Gasteiger partial charge in [0.1, 0.15) is 12.1 Å². The Labute approximate surface area is 311 Å². The predicted octanol–water partition coefficient (Wildman–Crippen LogP) is 4.40. The lowest BCUT2D eigenvalue weighted by atomic mass is 9.70. The molecule has 0 bridgehead atoms. The summed E-state index contributed by atoms with van der Waals surface area (Å²) >= 11 is 0. The fourth-order valence-corrected chi connectivity index (χ4v) is 10.9. The summed E-state index contributed by atoms with van der Waals surface area (Å²) < 4.78 is 25.9. The Hall–Kier alpha value is -2.70. The van der Waals surface area contributed by atoms with Crippen LogP contribution in [0.4, 0.5) is 4.79 Å². The monoisotopic (exact) mass is 747 g/mol. The second-order valence-electron chi connectivity index (χ2n) is 18.7. The quantitative estimate of drug-likeness (QED) is 0.191. The molecule has 1 saturated heterocycles. The van der Waals surface area contributed by atoms with Crippen molar-refractivity contribution in [3.63, 3.8) is 0 Å². The minimum absolute atomic E-state index is 0.0814. The molecular formula is C39H65N5O7S. The summed E-state index contributed by atoms with van der Waals surface area (Å²) in [6, 6.07) is -3.33.